The van der Waals surface area contributed by atoms with Gasteiger partial charge in [-0.15, -0.1) is 0 Å². The van der Waals surface area contributed by atoms with Crippen LogP contribution in [0.2, 0.25) is 5.02 Å². The molecule has 0 bridgehead atoms. The highest BCUT2D eigenvalue weighted by atomic mass is 79.9. The number of halogens is 2. The Kier molecular flexibility index (Phi) is 5.01. The summed E-state index contributed by atoms with van der Waals surface area (Å²) < 4.78 is 32.8. The fourth-order valence-corrected chi connectivity index (χ4v) is 4.72. The number of hydrogen-bond donors (Lipinski definition) is 1. The van der Waals surface area contributed by atoms with Crippen LogP contribution in [0.5, 0.6) is 0 Å². The zero-order valence-electron chi connectivity index (χ0n) is 12.4. The predicted octanol–water partition coefficient (Wildman–Crippen LogP) is 3.87. The predicted molar refractivity (Wildman–Crippen MR) is 88.4 cm³/mol. The Morgan fingerprint density at radius 2 is 2.05 bits per heavy atom. The number of sulfonamides is 1. The molecule has 2 rings (SSSR count). The van der Waals surface area contributed by atoms with Gasteiger partial charge < -0.3 is 4.52 Å². The van der Waals surface area contributed by atoms with Crippen molar-refractivity contribution in [3.05, 3.63) is 45.2 Å². The summed E-state index contributed by atoms with van der Waals surface area (Å²) in [5.74, 6) is 0. The maximum Gasteiger partial charge on any atom is 0.243 e. The second-order valence-corrected chi connectivity index (χ2v) is 8.78. The summed E-state index contributed by atoms with van der Waals surface area (Å²) in [5, 5.41) is 4.11. The van der Waals surface area contributed by atoms with Crippen molar-refractivity contribution >= 4 is 37.6 Å². The van der Waals surface area contributed by atoms with Crippen molar-refractivity contribution in [3.63, 3.8) is 0 Å². The Morgan fingerprint density at radius 1 is 1.36 bits per heavy atom. The minimum atomic E-state index is -3.76. The number of nitrogens with one attached hydrogen (secondary N) is 1. The third kappa shape index (κ3) is 3.71. The van der Waals surface area contributed by atoms with Gasteiger partial charge in [-0.05, 0) is 28.1 Å². The molecule has 0 aliphatic carbocycles. The summed E-state index contributed by atoms with van der Waals surface area (Å²) in [6.45, 7) is 6.02. The van der Waals surface area contributed by atoms with Gasteiger partial charge in [0.15, 0.2) is 0 Å². The molecule has 1 heterocycles. The molecule has 0 spiro atoms. The van der Waals surface area contributed by atoms with Gasteiger partial charge >= 0.3 is 0 Å². The summed E-state index contributed by atoms with van der Waals surface area (Å²) >= 11 is 9.21. The maximum atomic E-state index is 12.5. The molecule has 8 heteroatoms. The van der Waals surface area contributed by atoms with Crippen LogP contribution < -0.4 is 4.72 Å². The Bertz CT molecular complexity index is 761. The maximum absolute atomic E-state index is 12.5. The van der Waals surface area contributed by atoms with Crippen LogP contribution in [0.4, 0.5) is 0 Å². The average Bonchev–Trinajstić information content (AvgIpc) is 2.84. The lowest BCUT2D eigenvalue weighted by atomic mass is 9.90. The van der Waals surface area contributed by atoms with Crippen LogP contribution >= 0.6 is 27.5 Å². The van der Waals surface area contributed by atoms with E-state index < -0.39 is 10.0 Å². The summed E-state index contributed by atoms with van der Waals surface area (Å²) in [6.07, 6.45) is 1.45. The molecule has 5 nitrogen and oxygen atoms in total. The van der Waals surface area contributed by atoms with E-state index >= 15 is 0 Å². The van der Waals surface area contributed by atoms with E-state index in [1.165, 1.54) is 12.3 Å². The van der Waals surface area contributed by atoms with Crippen molar-refractivity contribution in [1.29, 1.82) is 0 Å². The third-order valence-electron chi connectivity index (χ3n) is 2.99. The molecule has 2 aromatic rings. The van der Waals surface area contributed by atoms with Gasteiger partial charge in [0, 0.05) is 22.0 Å². The highest BCUT2D eigenvalue weighted by molar-refractivity contribution is 9.10. The number of nitrogens with zero attached hydrogens (tertiary/aromatic N) is 1. The van der Waals surface area contributed by atoms with E-state index in [9.17, 15) is 8.42 Å². The average molecular weight is 408 g/mol. The first-order chi connectivity index (χ1) is 10.1. The van der Waals surface area contributed by atoms with Crippen molar-refractivity contribution < 1.29 is 12.9 Å². The van der Waals surface area contributed by atoms with Gasteiger partial charge in [0.2, 0.25) is 10.0 Å². The molecule has 0 unspecified atom stereocenters. The molecule has 0 atom stereocenters. The zero-order chi connectivity index (χ0) is 16.5. The van der Waals surface area contributed by atoms with E-state index in [1.54, 1.807) is 12.1 Å². The van der Waals surface area contributed by atoms with Gasteiger partial charge in [0.25, 0.3) is 0 Å². The van der Waals surface area contributed by atoms with Crippen molar-refractivity contribution in [2.75, 3.05) is 0 Å². The molecular weight excluding hydrogens is 392 g/mol. The minimum absolute atomic E-state index is 0.0189. The molecule has 120 valence electrons. The number of hydrogen-bond acceptors (Lipinski definition) is 4. The van der Waals surface area contributed by atoms with Crippen LogP contribution in [0.25, 0.3) is 0 Å². The van der Waals surface area contributed by atoms with Gasteiger partial charge in [-0.3, -0.25) is 0 Å². The molecule has 0 saturated heterocycles. The van der Waals surface area contributed by atoms with Crippen LogP contribution in [0, 0.1) is 0 Å². The molecule has 0 saturated carbocycles. The van der Waals surface area contributed by atoms with Crippen LogP contribution in [0.15, 0.2) is 38.4 Å². The Labute approximate surface area is 143 Å². The van der Waals surface area contributed by atoms with E-state index in [4.69, 9.17) is 16.1 Å². The minimum Gasteiger partial charge on any atom is -0.364 e. The van der Waals surface area contributed by atoms with Crippen LogP contribution in [0.1, 0.15) is 32.0 Å². The topological polar surface area (TPSA) is 72.2 Å². The van der Waals surface area contributed by atoms with Crippen LogP contribution in [-0.4, -0.2) is 13.6 Å². The number of rotatable bonds is 4. The quantitative estimate of drug-likeness (QED) is 0.835. The molecule has 1 N–H and O–H groups in total. The number of benzene rings is 1. The largest absolute Gasteiger partial charge is 0.364 e. The van der Waals surface area contributed by atoms with E-state index in [2.05, 4.69) is 25.8 Å². The van der Waals surface area contributed by atoms with Crippen molar-refractivity contribution in [3.8, 4) is 0 Å². The standard InChI is InChI=1S/C14H16BrClN2O3S/c1-14(2,3)13-9(8-21-18-13)7-17-22(19,20)12-10(15)5-4-6-11(12)16/h4-6,8,17H,7H2,1-3H3. The van der Waals surface area contributed by atoms with Crippen LogP contribution in [0.3, 0.4) is 0 Å². The highest BCUT2D eigenvalue weighted by Gasteiger charge is 2.25. The lowest BCUT2D eigenvalue weighted by molar-refractivity contribution is 0.393. The van der Waals surface area contributed by atoms with Gasteiger partial charge in [-0.2, -0.15) is 0 Å². The molecule has 1 aromatic carbocycles. The first kappa shape index (κ1) is 17.5. The molecule has 0 fully saturated rings. The first-order valence-corrected chi connectivity index (χ1v) is 9.16. The van der Waals surface area contributed by atoms with Gasteiger partial charge in [-0.25, -0.2) is 13.1 Å². The SMILES string of the molecule is CC(C)(C)c1nocc1CNS(=O)(=O)c1c(Cl)cccc1Br. The summed E-state index contributed by atoms with van der Waals surface area (Å²) in [6, 6.07) is 4.82. The molecule has 0 aliphatic heterocycles. The van der Waals surface area contributed by atoms with Crippen molar-refractivity contribution in [2.45, 2.75) is 37.6 Å². The third-order valence-corrected chi connectivity index (χ3v) is 5.85. The fourth-order valence-electron chi connectivity index (χ4n) is 1.99. The lowest BCUT2D eigenvalue weighted by Gasteiger charge is -2.16. The molecule has 0 aliphatic rings. The fraction of sp³-hybridized carbons (Fsp3) is 0.357. The first-order valence-electron chi connectivity index (χ1n) is 6.50. The monoisotopic (exact) mass is 406 g/mol. The zero-order valence-corrected chi connectivity index (χ0v) is 15.5. The van der Waals surface area contributed by atoms with E-state index in [1.807, 2.05) is 20.8 Å². The Hall–Kier alpha value is -0.890. The Balaban J connectivity index is 2.27. The van der Waals surface area contributed by atoms with Gasteiger partial charge in [-0.1, -0.05) is 43.6 Å². The second kappa shape index (κ2) is 6.31. The van der Waals surface area contributed by atoms with Crippen molar-refractivity contribution in [1.82, 2.24) is 9.88 Å². The van der Waals surface area contributed by atoms with E-state index in [0.717, 1.165) is 0 Å². The smallest absolute Gasteiger partial charge is 0.243 e. The Morgan fingerprint density at radius 3 is 2.64 bits per heavy atom. The van der Waals surface area contributed by atoms with E-state index in [-0.39, 0.29) is 21.9 Å². The van der Waals surface area contributed by atoms with Crippen molar-refractivity contribution in [2.24, 2.45) is 0 Å². The van der Waals surface area contributed by atoms with Gasteiger partial charge in [0.1, 0.15) is 11.2 Å². The summed E-state index contributed by atoms with van der Waals surface area (Å²) in [5.41, 5.74) is 1.17. The highest BCUT2D eigenvalue weighted by Crippen LogP contribution is 2.30. The molecule has 0 radical (unpaired) electrons. The molecular formula is C14H16BrClN2O3S. The van der Waals surface area contributed by atoms with E-state index in [0.29, 0.717) is 15.7 Å². The molecule has 22 heavy (non-hydrogen) atoms. The van der Waals surface area contributed by atoms with Gasteiger partial charge in [0.05, 0.1) is 10.7 Å². The molecule has 1 aromatic heterocycles. The van der Waals surface area contributed by atoms with Crippen LogP contribution in [-0.2, 0) is 22.0 Å². The number of aromatic nitrogens is 1. The summed E-state index contributed by atoms with van der Waals surface area (Å²) in [4.78, 5) is 0.0189. The summed E-state index contributed by atoms with van der Waals surface area (Å²) in [7, 11) is -3.76. The normalized spacial score (nSPS) is 12.6. The second-order valence-electron chi connectivity index (χ2n) is 5.81. The lowest BCUT2D eigenvalue weighted by Crippen LogP contribution is -2.25. The molecule has 0 amide bonds.